The van der Waals surface area contributed by atoms with Gasteiger partial charge in [-0.25, -0.2) is 0 Å². The van der Waals surface area contributed by atoms with E-state index in [4.69, 9.17) is 19.9 Å². The van der Waals surface area contributed by atoms with Crippen LogP contribution in [-0.2, 0) is 6.61 Å². The third-order valence-electron chi connectivity index (χ3n) is 1.67. The van der Waals surface area contributed by atoms with Crippen LogP contribution in [0.25, 0.3) is 0 Å². The lowest BCUT2D eigenvalue weighted by atomic mass is 10.1. The van der Waals surface area contributed by atoms with E-state index in [9.17, 15) is 0 Å². The molecule has 0 radical (unpaired) electrons. The molecule has 5 nitrogen and oxygen atoms in total. The van der Waals surface area contributed by atoms with Crippen molar-refractivity contribution in [2.24, 2.45) is 0 Å². The molecule has 0 amide bonds. The maximum absolute atomic E-state index is 8.95. The second-order valence-electron chi connectivity index (χ2n) is 2.55. The SMILES string of the molecule is COc1cccc(CO)c1OB(O)O. The summed E-state index contributed by atoms with van der Waals surface area (Å²) in [6, 6.07) is 4.86. The topological polar surface area (TPSA) is 79.2 Å². The smallest absolute Gasteiger partial charge is 0.509 e. The Labute approximate surface area is 81.7 Å². The number of aliphatic hydroxyl groups excluding tert-OH is 1. The number of hydrogen-bond donors (Lipinski definition) is 3. The van der Waals surface area contributed by atoms with Gasteiger partial charge in [-0.1, -0.05) is 12.1 Å². The van der Waals surface area contributed by atoms with Crippen molar-refractivity contribution in [3.8, 4) is 11.5 Å². The molecule has 14 heavy (non-hydrogen) atoms. The van der Waals surface area contributed by atoms with Crippen molar-refractivity contribution >= 4 is 7.32 Å². The Kier molecular flexibility index (Phi) is 3.76. The van der Waals surface area contributed by atoms with Gasteiger partial charge in [0.15, 0.2) is 11.5 Å². The molecule has 0 saturated heterocycles. The van der Waals surface area contributed by atoms with Crippen molar-refractivity contribution < 1.29 is 24.5 Å². The molecule has 3 N–H and O–H groups in total. The van der Waals surface area contributed by atoms with Crippen molar-refractivity contribution in [3.05, 3.63) is 23.8 Å². The first kappa shape index (κ1) is 10.8. The molecule has 1 rings (SSSR count). The molecule has 76 valence electrons. The first-order valence-corrected chi connectivity index (χ1v) is 3.98. The minimum atomic E-state index is -1.93. The Hall–Kier alpha value is -1.24. The van der Waals surface area contributed by atoms with E-state index in [-0.39, 0.29) is 12.4 Å². The molecule has 0 heterocycles. The Morgan fingerprint density at radius 2 is 2.07 bits per heavy atom. The van der Waals surface area contributed by atoms with Gasteiger partial charge >= 0.3 is 7.32 Å². The predicted molar refractivity (Wildman–Crippen MR) is 49.7 cm³/mol. The minimum absolute atomic E-state index is 0.132. The molecule has 6 heteroatoms. The van der Waals surface area contributed by atoms with Gasteiger partial charge in [0.1, 0.15) is 0 Å². The van der Waals surface area contributed by atoms with Crippen LogP contribution in [0.1, 0.15) is 5.56 Å². The average molecular weight is 198 g/mol. The highest BCUT2D eigenvalue weighted by Crippen LogP contribution is 2.31. The van der Waals surface area contributed by atoms with Crippen LogP contribution in [-0.4, -0.2) is 29.6 Å². The lowest BCUT2D eigenvalue weighted by Crippen LogP contribution is -2.21. The number of para-hydroxylation sites is 1. The van der Waals surface area contributed by atoms with E-state index in [0.29, 0.717) is 11.3 Å². The summed E-state index contributed by atoms with van der Waals surface area (Å²) >= 11 is 0. The molecule has 0 saturated carbocycles. The molecule has 0 aliphatic rings. The van der Waals surface area contributed by atoms with Crippen LogP contribution in [0, 0.1) is 0 Å². The predicted octanol–water partition coefficient (Wildman–Crippen LogP) is -0.464. The normalized spacial score (nSPS) is 9.71. The van der Waals surface area contributed by atoms with E-state index in [2.05, 4.69) is 4.65 Å². The van der Waals surface area contributed by atoms with Crippen molar-refractivity contribution in [3.63, 3.8) is 0 Å². The number of ether oxygens (including phenoxy) is 1. The summed E-state index contributed by atoms with van der Waals surface area (Å²) in [5.41, 5.74) is 0.428. The van der Waals surface area contributed by atoms with Crippen molar-refractivity contribution in [1.82, 2.24) is 0 Å². The third kappa shape index (κ3) is 2.38. The Bertz CT molecular complexity index is 280. The summed E-state index contributed by atoms with van der Waals surface area (Å²) in [5.74, 6) is 0.470. The van der Waals surface area contributed by atoms with Crippen LogP contribution in [0.4, 0.5) is 0 Å². The fourth-order valence-electron chi connectivity index (χ4n) is 1.09. The minimum Gasteiger partial charge on any atom is -0.509 e. The molecule has 0 unspecified atom stereocenters. The third-order valence-corrected chi connectivity index (χ3v) is 1.67. The molecule has 1 aromatic carbocycles. The van der Waals surface area contributed by atoms with Gasteiger partial charge in [0.05, 0.1) is 13.7 Å². The summed E-state index contributed by atoms with van der Waals surface area (Å²) < 4.78 is 9.61. The number of rotatable bonds is 4. The molecule has 0 spiro atoms. The number of benzene rings is 1. The van der Waals surface area contributed by atoms with Gasteiger partial charge in [0.2, 0.25) is 0 Å². The van der Waals surface area contributed by atoms with E-state index >= 15 is 0 Å². The zero-order chi connectivity index (χ0) is 10.6. The van der Waals surface area contributed by atoms with Crippen LogP contribution in [0.15, 0.2) is 18.2 Å². The number of methoxy groups -OCH3 is 1. The molecule has 0 aliphatic heterocycles. The lowest BCUT2D eigenvalue weighted by Gasteiger charge is -2.13. The summed E-state index contributed by atoms with van der Waals surface area (Å²) in [7, 11) is -0.510. The molecule has 0 aromatic heterocycles. The molecule has 1 aromatic rings. The zero-order valence-corrected chi connectivity index (χ0v) is 7.67. The van der Waals surface area contributed by atoms with Crippen LogP contribution < -0.4 is 9.39 Å². The number of hydrogen-bond acceptors (Lipinski definition) is 5. The molecular weight excluding hydrogens is 187 g/mol. The monoisotopic (exact) mass is 198 g/mol. The van der Waals surface area contributed by atoms with E-state index in [1.54, 1.807) is 18.2 Å². The van der Waals surface area contributed by atoms with Gasteiger partial charge < -0.3 is 24.5 Å². The van der Waals surface area contributed by atoms with E-state index in [1.807, 2.05) is 0 Å². The summed E-state index contributed by atoms with van der Waals surface area (Å²) in [4.78, 5) is 0. The second kappa shape index (κ2) is 4.85. The standard InChI is InChI=1S/C8H11BO5/c1-13-7-4-2-3-6(5-10)8(7)14-9(11)12/h2-4,10-12H,5H2,1H3. The highest BCUT2D eigenvalue weighted by molar-refractivity contribution is 6.33. The van der Waals surface area contributed by atoms with Crippen molar-refractivity contribution in [2.75, 3.05) is 7.11 Å². The van der Waals surface area contributed by atoms with E-state index in [1.165, 1.54) is 7.11 Å². The summed E-state index contributed by atoms with van der Waals surface area (Å²) in [6.45, 7) is -0.265. The quantitative estimate of drug-likeness (QED) is 0.570. The lowest BCUT2D eigenvalue weighted by molar-refractivity contribution is 0.257. The van der Waals surface area contributed by atoms with Gasteiger partial charge in [0.25, 0.3) is 0 Å². The van der Waals surface area contributed by atoms with E-state index in [0.717, 1.165) is 0 Å². The fraction of sp³-hybridized carbons (Fsp3) is 0.250. The average Bonchev–Trinajstić information content (AvgIpc) is 2.17. The summed E-state index contributed by atoms with van der Waals surface area (Å²) in [5, 5.41) is 26.2. The fourth-order valence-corrected chi connectivity index (χ4v) is 1.09. The molecule has 0 bridgehead atoms. The Balaban J connectivity index is 3.05. The van der Waals surface area contributed by atoms with Gasteiger partial charge in [0, 0.05) is 5.56 Å². The van der Waals surface area contributed by atoms with Gasteiger partial charge in [-0.3, -0.25) is 0 Å². The van der Waals surface area contributed by atoms with Gasteiger partial charge in [-0.2, -0.15) is 0 Å². The molecule has 0 fully saturated rings. The second-order valence-corrected chi connectivity index (χ2v) is 2.55. The van der Waals surface area contributed by atoms with Crippen molar-refractivity contribution in [1.29, 1.82) is 0 Å². The molecular formula is C8H11BO5. The van der Waals surface area contributed by atoms with Crippen LogP contribution in [0.5, 0.6) is 11.5 Å². The first-order chi connectivity index (χ1) is 6.69. The maximum Gasteiger partial charge on any atom is 0.707 e. The first-order valence-electron chi connectivity index (χ1n) is 3.98. The van der Waals surface area contributed by atoms with Crippen LogP contribution in [0.3, 0.4) is 0 Å². The van der Waals surface area contributed by atoms with Gasteiger partial charge in [-0.05, 0) is 6.07 Å². The molecule has 0 atom stereocenters. The van der Waals surface area contributed by atoms with E-state index < -0.39 is 7.32 Å². The van der Waals surface area contributed by atoms with Crippen LogP contribution in [0.2, 0.25) is 0 Å². The number of aliphatic hydroxyl groups is 1. The summed E-state index contributed by atoms with van der Waals surface area (Å²) in [6.07, 6.45) is 0. The van der Waals surface area contributed by atoms with Crippen LogP contribution >= 0.6 is 0 Å². The van der Waals surface area contributed by atoms with Gasteiger partial charge in [-0.15, -0.1) is 0 Å². The van der Waals surface area contributed by atoms with Crippen molar-refractivity contribution in [2.45, 2.75) is 6.61 Å². The highest BCUT2D eigenvalue weighted by atomic mass is 16.6. The Morgan fingerprint density at radius 3 is 2.57 bits per heavy atom. The highest BCUT2D eigenvalue weighted by Gasteiger charge is 2.17. The zero-order valence-electron chi connectivity index (χ0n) is 7.67. The Morgan fingerprint density at radius 1 is 1.36 bits per heavy atom. The largest absolute Gasteiger partial charge is 0.707 e. The maximum atomic E-state index is 8.95. The molecule has 0 aliphatic carbocycles.